The highest BCUT2D eigenvalue weighted by atomic mass is 32.2. The Kier molecular flexibility index (Phi) is 7.29. The highest BCUT2D eigenvalue weighted by Crippen LogP contribution is 2.01. The molecule has 0 spiro atoms. The summed E-state index contributed by atoms with van der Waals surface area (Å²) in [6, 6.07) is 0. The number of rotatable bonds is 9. The van der Waals surface area contributed by atoms with Crippen molar-refractivity contribution in [3.63, 3.8) is 0 Å². The Morgan fingerprint density at radius 2 is 2.38 bits per heavy atom. The van der Waals surface area contributed by atoms with Crippen LogP contribution in [0.25, 0.3) is 0 Å². The molecule has 0 saturated heterocycles. The average molecular weight is 243 g/mol. The summed E-state index contributed by atoms with van der Waals surface area (Å²) in [6.45, 7) is 5.29. The molecule has 0 saturated carbocycles. The Labute approximate surface area is 101 Å². The maximum absolute atomic E-state index is 8.61. The summed E-state index contributed by atoms with van der Waals surface area (Å²) < 4.78 is 2.14. The first kappa shape index (κ1) is 13.5. The highest BCUT2D eigenvalue weighted by Gasteiger charge is 1.98. The van der Waals surface area contributed by atoms with Crippen LogP contribution in [0.4, 0.5) is 0 Å². The van der Waals surface area contributed by atoms with E-state index in [1.54, 1.807) is 0 Å². The Bertz CT molecular complexity index is 278. The Morgan fingerprint density at radius 1 is 1.50 bits per heavy atom. The zero-order valence-electron chi connectivity index (χ0n) is 9.85. The van der Waals surface area contributed by atoms with Crippen LogP contribution in [0.2, 0.25) is 0 Å². The van der Waals surface area contributed by atoms with Crippen molar-refractivity contribution in [2.24, 2.45) is 0 Å². The van der Waals surface area contributed by atoms with Crippen LogP contribution in [0.1, 0.15) is 19.0 Å². The second-order valence-corrected chi connectivity index (χ2v) is 4.76. The summed E-state index contributed by atoms with van der Waals surface area (Å²) >= 11 is 1.88. The van der Waals surface area contributed by atoms with Crippen molar-refractivity contribution in [3.8, 4) is 0 Å². The number of imidazole rings is 1. The molecule has 5 heteroatoms. The molecule has 0 fully saturated rings. The predicted octanol–water partition coefficient (Wildman–Crippen LogP) is 1.11. The Morgan fingerprint density at radius 3 is 3.12 bits per heavy atom. The third-order valence-electron chi connectivity index (χ3n) is 2.32. The molecule has 1 heterocycles. The number of nitrogens with one attached hydrogen (secondary N) is 1. The maximum Gasteiger partial charge on any atom is 0.0948 e. The SMILES string of the molecule is CCn1cncc1CNCCSCCCO. The van der Waals surface area contributed by atoms with Gasteiger partial charge >= 0.3 is 0 Å². The minimum absolute atomic E-state index is 0.302. The molecule has 4 nitrogen and oxygen atoms in total. The molecule has 0 amide bonds. The zero-order valence-corrected chi connectivity index (χ0v) is 10.7. The Hall–Kier alpha value is -0.520. The molecule has 0 aliphatic rings. The van der Waals surface area contributed by atoms with E-state index in [-0.39, 0.29) is 0 Å². The van der Waals surface area contributed by atoms with Crippen molar-refractivity contribution in [2.45, 2.75) is 26.4 Å². The second-order valence-electron chi connectivity index (χ2n) is 3.54. The smallest absolute Gasteiger partial charge is 0.0948 e. The van der Waals surface area contributed by atoms with E-state index in [2.05, 4.69) is 21.8 Å². The minimum Gasteiger partial charge on any atom is -0.396 e. The molecule has 1 aromatic rings. The number of hydrogen-bond donors (Lipinski definition) is 2. The van der Waals surface area contributed by atoms with E-state index in [0.717, 1.165) is 37.6 Å². The molecule has 16 heavy (non-hydrogen) atoms. The van der Waals surface area contributed by atoms with Gasteiger partial charge in [0.2, 0.25) is 0 Å². The molecule has 0 bridgehead atoms. The van der Waals surface area contributed by atoms with E-state index in [1.807, 2.05) is 24.3 Å². The van der Waals surface area contributed by atoms with Crippen LogP contribution in [0, 0.1) is 0 Å². The van der Waals surface area contributed by atoms with Gasteiger partial charge in [0, 0.05) is 38.2 Å². The van der Waals surface area contributed by atoms with Crippen molar-refractivity contribution in [1.82, 2.24) is 14.9 Å². The monoisotopic (exact) mass is 243 g/mol. The van der Waals surface area contributed by atoms with E-state index in [4.69, 9.17) is 5.11 Å². The first-order valence-electron chi connectivity index (χ1n) is 5.76. The summed E-state index contributed by atoms with van der Waals surface area (Å²) in [7, 11) is 0. The van der Waals surface area contributed by atoms with Gasteiger partial charge in [0.15, 0.2) is 0 Å². The van der Waals surface area contributed by atoms with E-state index in [1.165, 1.54) is 5.69 Å². The van der Waals surface area contributed by atoms with Crippen molar-refractivity contribution in [1.29, 1.82) is 0 Å². The Balaban J connectivity index is 2.03. The molecule has 92 valence electrons. The number of thioether (sulfide) groups is 1. The molecule has 1 rings (SSSR count). The molecule has 1 aromatic heterocycles. The molecule has 0 radical (unpaired) electrons. The van der Waals surface area contributed by atoms with Crippen molar-refractivity contribution < 1.29 is 5.11 Å². The van der Waals surface area contributed by atoms with Crippen molar-refractivity contribution in [2.75, 3.05) is 24.7 Å². The minimum atomic E-state index is 0.302. The van der Waals surface area contributed by atoms with Gasteiger partial charge in [-0.2, -0.15) is 11.8 Å². The second kappa shape index (κ2) is 8.61. The number of aliphatic hydroxyl groups is 1. The molecular weight excluding hydrogens is 222 g/mol. The summed E-state index contributed by atoms with van der Waals surface area (Å²) in [6.07, 6.45) is 4.68. The van der Waals surface area contributed by atoms with Gasteiger partial charge in [-0.1, -0.05) is 0 Å². The van der Waals surface area contributed by atoms with E-state index < -0.39 is 0 Å². The maximum atomic E-state index is 8.61. The van der Waals surface area contributed by atoms with Crippen LogP contribution < -0.4 is 5.32 Å². The number of aryl methyl sites for hydroxylation is 1. The third kappa shape index (κ3) is 5.01. The number of aromatic nitrogens is 2. The van der Waals surface area contributed by atoms with Crippen molar-refractivity contribution >= 4 is 11.8 Å². The molecule has 0 unspecified atom stereocenters. The number of aliphatic hydroxyl groups excluding tert-OH is 1. The molecule has 0 aromatic carbocycles. The van der Waals surface area contributed by atoms with E-state index in [9.17, 15) is 0 Å². The summed E-state index contributed by atoms with van der Waals surface area (Å²) in [5.74, 6) is 2.14. The quantitative estimate of drug-likeness (QED) is 0.638. The normalized spacial score (nSPS) is 10.9. The first-order chi connectivity index (χ1) is 7.88. The standard InChI is InChI=1S/C11H21N3OS/c1-2-14-10-13-9-11(14)8-12-4-7-16-6-3-5-15/h9-10,12,15H,2-8H2,1H3. The molecule has 0 aliphatic heterocycles. The third-order valence-corrected chi connectivity index (χ3v) is 3.39. The van der Waals surface area contributed by atoms with Crippen LogP contribution in [-0.4, -0.2) is 39.3 Å². The van der Waals surface area contributed by atoms with Gasteiger partial charge in [-0.3, -0.25) is 0 Å². The van der Waals surface area contributed by atoms with Gasteiger partial charge in [-0.25, -0.2) is 4.98 Å². The lowest BCUT2D eigenvalue weighted by Crippen LogP contribution is -2.18. The van der Waals surface area contributed by atoms with Gasteiger partial charge in [-0.15, -0.1) is 0 Å². The van der Waals surface area contributed by atoms with Crippen LogP contribution in [0.15, 0.2) is 12.5 Å². The number of hydrogen-bond acceptors (Lipinski definition) is 4. The average Bonchev–Trinajstić information content (AvgIpc) is 2.75. The molecule has 0 aliphatic carbocycles. The van der Waals surface area contributed by atoms with Crippen molar-refractivity contribution in [3.05, 3.63) is 18.2 Å². The first-order valence-corrected chi connectivity index (χ1v) is 6.92. The fourth-order valence-electron chi connectivity index (χ4n) is 1.41. The van der Waals surface area contributed by atoms with Crippen LogP contribution in [-0.2, 0) is 13.1 Å². The van der Waals surface area contributed by atoms with Crippen LogP contribution in [0.3, 0.4) is 0 Å². The van der Waals surface area contributed by atoms with Gasteiger partial charge in [0.1, 0.15) is 0 Å². The lowest BCUT2D eigenvalue weighted by Gasteiger charge is -2.06. The fraction of sp³-hybridized carbons (Fsp3) is 0.727. The largest absolute Gasteiger partial charge is 0.396 e. The van der Waals surface area contributed by atoms with Gasteiger partial charge in [0.25, 0.3) is 0 Å². The van der Waals surface area contributed by atoms with Gasteiger partial charge in [0.05, 0.1) is 12.0 Å². The lowest BCUT2D eigenvalue weighted by molar-refractivity contribution is 0.296. The van der Waals surface area contributed by atoms with Gasteiger partial charge in [-0.05, 0) is 19.1 Å². The molecule has 0 atom stereocenters. The van der Waals surface area contributed by atoms with E-state index in [0.29, 0.717) is 6.61 Å². The molecule has 2 N–H and O–H groups in total. The fourth-order valence-corrected chi connectivity index (χ4v) is 2.24. The lowest BCUT2D eigenvalue weighted by atomic mass is 10.4. The summed E-state index contributed by atoms with van der Waals surface area (Å²) in [5.41, 5.74) is 1.24. The summed E-state index contributed by atoms with van der Waals surface area (Å²) in [4.78, 5) is 4.12. The van der Waals surface area contributed by atoms with Crippen LogP contribution >= 0.6 is 11.8 Å². The highest BCUT2D eigenvalue weighted by molar-refractivity contribution is 7.99. The van der Waals surface area contributed by atoms with Crippen LogP contribution in [0.5, 0.6) is 0 Å². The van der Waals surface area contributed by atoms with Gasteiger partial charge < -0.3 is 15.0 Å². The number of nitrogens with zero attached hydrogens (tertiary/aromatic N) is 2. The summed E-state index contributed by atoms with van der Waals surface area (Å²) in [5, 5.41) is 12.0. The zero-order chi connectivity index (χ0) is 11.6. The topological polar surface area (TPSA) is 50.1 Å². The molecular formula is C11H21N3OS. The predicted molar refractivity (Wildman–Crippen MR) is 68.6 cm³/mol. The van der Waals surface area contributed by atoms with E-state index >= 15 is 0 Å².